The maximum Gasteiger partial charge on any atom is 0.472 e. The van der Waals surface area contributed by atoms with Crippen molar-refractivity contribution in [3.8, 4) is 0 Å². The highest BCUT2D eigenvalue weighted by molar-refractivity contribution is 7.47. The van der Waals surface area contributed by atoms with Gasteiger partial charge in [-0.3, -0.25) is 18.6 Å². The topological polar surface area (TPSA) is 169 Å². The molecule has 3 unspecified atom stereocenters. The van der Waals surface area contributed by atoms with Gasteiger partial charge in [0.05, 0.1) is 13.2 Å². The summed E-state index contributed by atoms with van der Waals surface area (Å²) in [5.74, 6) is -2.39. The minimum absolute atomic E-state index is 0.151. The van der Waals surface area contributed by atoms with E-state index in [0.717, 1.165) is 38.5 Å². The molecule has 12 heteroatoms. The lowest BCUT2D eigenvalue weighted by Gasteiger charge is -2.18. The van der Waals surface area contributed by atoms with Crippen molar-refractivity contribution in [3.63, 3.8) is 0 Å². The minimum atomic E-state index is -4.72. The molecule has 0 saturated heterocycles. The number of phosphoric acid groups is 1. The number of ether oxygens (including phenoxy) is 1. The smallest absolute Gasteiger partial charge is 0.472 e. The zero-order valence-electron chi connectivity index (χ0n) is 24.7. The van der Waals surface area contributed by atoms with Gasteiger partial charge in [0.15, 0.2) is 6.04 Å². The van der Waals surface area contributed by atoms with Crippen molar-refractivity contribution in [2.24, 2.45) is 0 Å². The number of aliphatic carboxylic acids is 1. The first-order valence-electron chi connectivity index (χ1n) is 15.1. The van der Waals surface area contributed by atoms with E-state index >= 15 is 0 Å². The highest BCUT2D eigenvalue weighted by atomic mass is 31.2. The number of esters is 1. The Labute approximate surface area is 240 Å². The number of carboxylic acids is 1. The molecule has 0 aliphatic carbocycles. The van der Waals surface area contributed by atoms with E-state index < -0.39 is 57.6 Å². The van der Waals surface area contributed by atoms with Crippen LogP contribution in [-0.2, 0) is 32.7 Å². The normalized spacial score (nSPS) is 14.3. The number of rotatable bonds is 28. The van der Waals surface area contributed by atoms with Gasteiger partial charge < -0.3 is 25.2 Å². The van der Waals surface area contributed by atoms with Crippen LogP contribution in [-0.4, -0.2) is 64.9 Å². The molecule has 0 aliphatic rings. The predicted molar refractivity (Wildman–Crippen MR) is 153 cm³/mol. The summed E-state index contributed by atoms with van der Waals surface area (Å²) >= 11 is 0. The largest absolute Gasteiger partial charge is 0.480 e. The van der Waals surface area contributed by atoms with Crippen molar-refractivity contribution in [1.29, 1.82) is 0 Å². The molecule has 0 fully saturated rings. The van der Waals surface area contributed by atoms with E-state index in [9.17, 15) is 34.1 Å². The number of hydrogen-bond acceptors (Lipinski definition) is 8. The highest BCUT2D eigenvalue weighted by Gasteiger charge is 2.28. The van der Waals surface area contributed by atoms with E-state index in [1.807, 2.05) is 0 Å². The van der Waals surface area contributed by atoms with E-state index in [1.54, 1.807) is 0 Å². The maximum atomic E-state index is 12.1. The fraction of sp³-hybridized carbons (Fsp3) is 0.893. The fourth-order valence-corrected chi connectivity index (χ4v) is 4.73. The average molecular weight is 596 g/mol. The third kappa shape index (κ3) is 24.3. The summed E-state index contributed by atoms with van der Waals surface area (Å²) in [4.78, 5) is 45.0. The number of nitrogens with one attached hydrogen (secondary N) is 1. The molecule has 4 N–H and O–H groups in total. The van der Waals surface area contributed by atoms with Gasteiger partial charge in [0.1, 0.15) is 12.7 Å². The lowest BCUT2D eigenvalue weighted by Crippen LogP contribution is -2.43. The van der Waals surface area contributed by atoms with Gasteiger partial charge in [-0.1, -0.05) is 104 Å². The van der Waals surface area contributed by atoms with Gasteiger partial charge in [0, 0.05) is 12.8 Å². The molecule has 1 amide bonds. The van der Waals surface area contributed by atoms with Gasteiger partial charge in [0.2, 0.25) is 5.91 Å². The van der Waals surface area contributed by atoms with Crippen molar-refractivity contribution in [2.75, 3.05) is 19.8 Å². The minimum Gasteiger partial charge on any atom is -0.480 e. The van der Waals surface area contributed by atoms with Crippen LogP contribution in [0.4, 0.5) is 0 Å². The molecule has 0 saturated carbocycles. The zero-order chi connectivity index (χ0) is 30.1. The lowest BCUT2D eigenvalue weighted by molar-refractivity contribution is -0.147. The van der Waals surface area contributed by atoms with Crippen LogP contribution in [0.1, 0.15) is 129 Å². The number of hydrogen-bond donors (Lipinski definition) is 4. The van der Waals surface area contributed by atoms with Crippen molar-refractivity contribution >= 4 is 25.7 Å². The Morgan fingerprint density at radius 1 is 0.700 bits per heavy atom. The Bertz CT molecular complexity index is 721. The number of phosphoric ester groups is 1. The molecule has 0 bridgehead atoms. The predicted octanol–water partition coefficient (Wildman–Crippen LogP) is 5.66. The van der Waals surface area contributed by atoms with Crippen LogP contribution >= 0.6 is 7.82 Å². The summed E-state index contributed by atoms with van der Waals surface area (Å²) in [6.07, 6.45) is 16.5. The second-order valence-corrected chi connectivity index (χ2v) is 11.8. The second-order valence-electron chi connectivity index (χ2n) is 10.3. The van der Waals surface area contributed by atoms with Crippen LogP contribution in [0, 0.1) is 0 Å². The zero-order valence-corrected chi connectivity index (χ0v) is 25.5. The molecule has 11 nitrogen and oxygen atoms in total. The summed E-state index contributed by atoms with van der Waals surface area (Å²) < 4.78 is 26.3. The Balaban J connectivity index is 4.06. The van der Waals surface area contributed by atoms with Crippen LogP contribution < -0.4 is 5.32 Å². The molecule has 0 radical (unpaired) electrons. The van der Waals surface area contributed by atoms with Gasteiger partial charge in [-0.2, -0.15) is 0 Å². The summed E-state index contributed by atoms with van der Waals surface area (Å²) in [5.41, 5.74) is 0. The molecule has 0 aromatic heterocycles. The summed E-state index contributed by atoms with van der Waals surface area (Å²) in [6, 6.07) is -1.53. The van der Waals surface area contributed by atoms with Gasteiger partial charge in [-0.05, 0) is 12.8 Å². The van der Waals surface area contributed by atoms with Crippen LogP contribution in [0.2, 0.25) is 0 Å². The van der Waals surface area contributed by atoms with E-state index in [2.05, 4.69) is 23.7 Å². The maximum absolute atomic E-state index is 12.1. The SMILES string of the molecule is CCCCCCCCCCCCCCC(=O)NC(COP(=O)(O)OCC(O)COC(=O)CCCCCC)C(=O)O. The lowest BCUT2D eigenvalue weighted by atomic mass is 10.0. The summed E-state index contributed by atoms with van der Waals surface area (Å²) in [7, 11) is -4.72. The standard InChI is InChI=1S/C28H54NO10P/c1-3-5-7-9-10-11-12-13-14-15-16-17-19-26(31)29-25(28(33)34)23-39-40(35,36)38-22-24(30)21-37-27(32)20-18-8-6-4-2/h24-25,30H,3-23H2,1-2H3,(H,29,31)(H,33,34)(H,35,36). The Morgan fingerprint density at radius 3 is 1.68 bits per heavy atom. The van der Waals surface area contributed by atoms with Gasteiger partial charge in [0.25, 0.3) is 0 Å². The average Bonchev–Trinajstić information content (AvgIpc) is 2.91. The molecule has 236 valence electrons. The van der Waals surface area contributed by atoms with Gasteiger partial charge in [-0.15, -0.1) is 0 Å². The van der Waals surface area contributed by atoms with Gasteiger partial charge >= 0.3 is 19.8 Å². The molecule has 0 aliphatic heterocycles. The van der Waals surface area contributed by atoms with Gasteiger partial charge in [-0.25, -0.2) is 9.36 Å². The fourth-order valence-electron chi connectivity index (χ4n) is 3.96. The third-order valence-electron chi connectivity index (χ3n) is 6.40. The number of carbonyl (C=O) groups excluding carboxylic acids is 2. The number of carbonyl (C=O) groups is 3. The van der Waals surface area contributed by atoms with Crippen molar-refractivity contribution < 1.29 is 47.8 Å². The molecule has 0 spiro atoms. The first-order chi connectivity index (χ1) is 19.1. The van der Waals surface area contributed by atoms with E-state index in [-0.39, 0.29) is 12.8 Å². The number of unbranched alkanes of at least 4 members (excludes halogenated alkanes) is 14. The second kappa shape index (κ2) is 25.2. The van der Waals surface area contributed by atoms with Crippen molar-refractivity contribution in [3.05, 3.63) is 0 Å². The Hall–Kier alpha value is -1.52. The molecule has 3 atom stereocenters. The van der Waals surface area contributed by atoms with Crippen LogP contribution in [0.3, 0.4) is 0 Å². The van der Waals surface area contributed by atoms with Crippen molar-refractivity contribution in [1.82, 2.24) is 5.32 Å². The van der Waals surface area contributed by atoms with Crippen molar-refractivity contribution in [2.45, 2.75) is 142 Å². The van der Waals surface area contributed by atoms with Crippen LogP contribution in [0.25, 0.3) is 0 Å². The number of amides is 1. The molecule has 40 heavy (non-hydrogen) atoms. The number of aliphatic hydroxyl groups excluding tert-OH is 1. The number of carboxylic acid groups (broad SMARTS) is 1. The molecule has 0 aromatic carbocycles. The molecular weight excluding hydrogens is 541 g/mol. The monoisotopic (exact) mass is 595 g/mol. The Morgan fingerprint density at radius 2 is 1.15 bits per heavy atom. The van der Waals surface area contributed by atoms with Crippen LogP contribution in [0.5, 0.6) is 0 Å². The quantitative estimate of drug-likeness (QED) is 0.0503. The van der Waals surface area contributed by atoms with Crippen LogP contribution in [0.15, 0.2) is 0 Å². The molecular formula is C28H54NO10P. The van der Waals surface area contributed by atoms with E-state index in [0.29, 0.717) is 12.8 Å². The molecule has 0 rings (SSSR count). The van der Waals surface area contributed by atoms with E-state index in [1.165, 1.54) is 51.4 Å². The molecule has 0 heterocycles. The third-order valence-corrected chi connectivity index (χ3v) is 7.35. The first-order valence-corrected chi connectivity index (χ1v) is 16.6. The van der Waals surface area contributed by atoms with E-state index in [4.69, 9.17) is 9.26 Å². The summed E-state index contributed by atoms with van der Waals surface area (Å²) in [5, 5.41) is 21.4. The first kappa shape index (κ1) is 38.5. The summed E-state index contributed by atoms with van der Waals surface area (Å²) in [6.45, 7) is 2.39. The Kier molecular flexibility index (Phi) is 24.3. The molecule has 0 aromatic rings. The number of aliphatic hydroxyl groups is 1. The highest BCUT2D eigenvalue weighted by Crippen LogP contribution is 2.43.